The minimum absolute atomic E-state index is 0.0926. The van der Waals surface area contributed by atoms with E-state index in [9.17, 15) is 13.6 Å². The Morgan fingerprint density at radius 1 is 0.931 bits per heavy atom. The largest absolute Gasteiger partial charge is 0.490 e. The van der Waals surface area contributed by atoms with Gasteiger partial charge in [0.1, 0.15) is 0 Å². The molecule has 0 radical (unpaired) electrons. The minimum atomic E-state index is -0.991. The van der Waals surface area contributed by atoms with E-state index in [-0.39, 0.29) is 19.4 Å². The van der Waals surface area contributed by atoms with Gasteiger partial charge in [0, 0.05) is 12.0 Å². The van der Waals surface area contributed by atoms with E-state index in [4.69, 9.17) is 19.3 Å². The Morgan fingerprint density at radius 2 is 1.55 bits per heavy atom. The SMILES string of the molecule is CCCOc1cccc(-c2cc(F)c(OCCCC(=O)O)c(F)c2)c1OCCC. The van der Waals surface area contributed by atoms with Crippen LogP contribution in [0.15, 0.2) is 30.3 Å². The summed E-state index contributed by atoms with van der Waals surface area (Å²) in [5.41, 5.74) is 0.813. The average molecular weight is 408 g/mol. The van der Waals surface area contributed by atoms with Crippen molar-refractivity contribution in [3.05, 3.63) is 42.0 Å². The van der Waals surface area contributed by atoms with Crippen molar-refractivity contribution in [1.82, 2.24) is 0 Å². The molecule has 2 aromatic rings. The molecule has 2 rings (SSSR count). The second-order valence-electron chi connectivity index (χ2n) is 6.44. The molecule has 0 atom stereocenters. The van der Waals surface area contributed by atoms with Crippen LogP contribution in [0, 0.1) is 11.6 Å². The summed E-state index contributed by atoms with van der Waals surface area (Å²) in [7, 11) is 0. The van der Waals surface area contributed by atoms with Crippen molar-refractivity contribution in [2.24, 2.45) is 0 Å². The zero-order chi connectivity index (χ0) is 21.2. The summed E-state index contributed by atoms with van der Waals surface area (Å²) in [6.07, 6.45) is 1.60. The van der Waals surface area contributed by atoms with Gasteiger partial charge in [-0.25, -0.2) is 8.78 Å². The number of carboxylic acid groups (broad SMARTS) is 1. The highest BCUT2D eigenvalue weighted by molar-refractivity contribution is 5.74. The van der Waals surface area contributed by atoms with Crippen molar-refractivity contribution in [2.45, 2.75) is 39.5 Å². The van der Waals surface area contributed by atoms with Gasteiger partial charge in [-0.15, -0.1) is 0 Å². The number of halogens is 2. The van der Waals surface area contributed by atoms with Crippen molar-refractivity contribution < 1.29 is 32.9 Å². The first kappa shape index (κ1) is 22.5. The molecule has 0 aromatic heterocycles. The van der Waals surface area contributed by atoms with E-state index in [1.54, 1.807) is 18.2 Å². The van der Waals surface area contributed by atoms with E-state index in [1.807, 2.05) is 13.8 Å². The highest BCUT2D eigenvalue weighted by Crippen LogP contribution is 2.40. The minimum Gasteiger partial charge on any atom is -0.490 e. The van der Waals surface area contributed by atoms with Crippen LogP contribution >= 0.6 is 0 Å². The molecule has 0 bridgehead atoms. The third-order valence-corrected chi connectivity index (χ3v) is 3.98. The zero-order valence-corrected chi connectivity index (χ0v) is 16.7. The molecule has 0 spiro atoms. The lowest BCUT2D eigenvalue weighted by molar-refractivity contribution is -0.137. The third-order valence-electron chi connectivity index (χ3n) is 3.98. The van der Waals surface area contributed by atoms with E-state index in [0.717, 1.165) is 12.8 Å². The smallest absolute Gasteiger partial charge is 0.303 e. The van der Waals surface area contributed by atoms with Crippen LogP contribution in [-0.4, -0.2) is 30.9 Å². The second kappa shape index (κ2) is 11.2. The quantitative estimate of drug-likeness (QED) is 0.473. The lowest BCUT2D eigenvalue weighted by Gasteiger charge is -2.17. The fourth-order valence-corrected chi connectivity index (χ4v) is 2.67. The van der Waals surface area contributed by atoms with Crippen LogP contribution in [0.2, 0.25) is 0 Å². The lowest BCUT2D eigenvalue weighted by Crippen LogP contribution is -2.05. The van der Waals surface area contributed by atoms with Crippen LogP contribution in [0.5, 0.6) is 17.2 Å². The van der Waals surface area contributed by atoms with Gasteiger partial charge in [0.15, 0.2) is 28.9 Å². The average Bonchev–Trinajstić information content (AvgIpc) is 2.69. The standard InChI is InChI=1S/C22H26F2O5/c1-3-10-27-19-8-5-7-16(21(19)28-11-4-2)15-13-17(23)22(18(24)14-15)29-12-6-9-20(25)26/h5,7-8,13-14H,3-4,6,9-12H2,1-2H3,(H,25,26). The van der Waals surface area contributed by atoms with Gasteiger partial charge < -0.3 is 19.3 Å². The maximum atomic E-state index is 14.5. The van der Waals surface area contributed by atoms with Crippen molar-refractivity contribution in [3.63, 3.8) is 0 Å². The Morgan fingerprint density at radius 3 is 2.17 bits per heavy atom. The van der Waals surface area contributed by atoms with Gasteiger partial charge in [-0.1, -0.05) is 26.0 Å². The molecule has 29 heavy (non-hydrogen) atoms. The molecule has 0 amide bonds. The van der Waals surface area contributed by atoms with Gasteiger partial charge >= 0.3 is 5.97 Å². The molecule has 0 unspecified atom stereocenters. The summed E-state index contributed by atoms with van der Waals surface area (Å²) in [4.78, 5) is 10.5. The molecule has 0 heterocycles. The number of aliphatic carboxylic acids is 1. The number of carbonyl (C=O) groups is 1. The number of para-hydroxylation sites is 1. The number of benzene rings is 2. The highest BCUT2D eigenvalue weighted by Gasteiger charge is 2.18. The first-order valence-corrected chi connectivity index (χ1v) is 9.70. The van der Waals surface area contributed by atoms with Crippen LogP contribution in [0.3, 0.4) is 0 Å². The lowest BCUT2D eigenvalue weighted by atomic mass is 10.0. The van der Waals surface area contributed by atoms with Crippen LogP contribution in [-0.2, 0) is 4.79 Å². The predicted molar refractivity (Wildman–Crippen MR) is 106 cm³/mol. The Labute approximate surface area is 169 Å². The van der Waals surface area contributed by atoms with Gasteiger partial charge in [0.05, 0.1) is 19.8 Å². The maximum Gasteiger partial charge on any atom is 0.303 e. The van der Waals surface area contributed by atoms with Gasteiger partial charge in [-0.05, 0) is 43.0 Å². The molecule has 0 aliphatic heterocycles. The van der Waals surface area contributed by atoms with Gasteiger partial charge in [-0.2, -0.15) is 0 Å². The topological polar surface area (TPSA) is 65.0 Å². The van der Waals surface area contributed by atoms with Crippen LogP contribution < -0.4 is 14.2 Å². The molecule has 0 fully saturated rings. The maximum absolute atomic E-state index is 14.5. The Hall–Kier alpha value is -2.83. The Bertz CT molecular complexity index is 800. The van der Waals surface area contributed by atoms with Gasteiger partial charge in [0.2, 0.25) is 0 Å². The van der Waals surface area contributed by atoms with E-state index in [1.165, 1.54) is 12.1 Å². The summed E-state index contributed by atoms with van der Waals surface area (Å²) >= 11 is 0. The second-order valence-corrected chi connectivity index (χ2v) is 6.44. The Balaban J connectivity index is 2.32. The number of carboxylic acids is 1. The number of hydrogen-bond donors (Lipinski definition) is 1. The van der Waals surface area contributed by atoms with Crippen molar-refractivity contribution in [1.29, 1.82) is 0 Å². The monoisotopic (exact) mass is 408 g/mol. The summed E-state index contributed by atoms with van der Waals surface area (Å²) in [6.45, 7) is 4.79. The van der Waals surface area contributed by atoms with Crippen LogP contribution in [0.25, 0.3) is 11.1 Å². The number of hydrogen-bond acceptors (Lipinski definition) is 4. The number of rotatable bonds is 12. The van der Waals surface area contributed by atoms with Crippen molar-refractivity contribution >= 4 is 5.97 Å². The summed E-state index contributed by atoms with van der Waals surface area (Å²) in [5.74, 6) is -2.28. The number of ether oxygens (including phenoxy) is 3. The van der Waals surface area contributed by atoms with Crippen molar-refractivity contribution in [3.8, 4) is 28.4 Å². The van der Waals surface area contributed by atoms with Gasteiger partial charge in [0.25, 0.3) is 0 Å². The molecular formula is C22H26F2O5. The predicted octanol–water partition coefficient (Wildman–Crippen LogP) is 5.45. The summed E-state index contributed by atoms with van der Waals surface area (Å²) in [6, 6.07) is 7.56. The molecule has 0 aliphatic rings. The third kappa shape index (κ3) is 6.34. The molecule has 1 N–H and O–H groups in total. The normalized spacial score (nSPS) is 10.6. The first-order valence-electron chi connectivity index (χ1n) is 9.70. The molecule has 0 saturated heterocycles. The van der Waals surface area contributed by atoms with E-state index >= 15 is 0 Å². The zero-order valence-electron chi connectivity index (χ0n) is 16.7. The fraction of sp³-hybridized carbons (Fsp3) is 0.409. The van der Waals surface area contributed by atoms with E-state index < -0.39 is 23.4 Å². The Kier molecular flexibility index (Phi) is 8.70. The van der Waals surface area contributed by atoms with Crippen LogP contribution in [0.1, 0.15) is 39.5 Å². The van der Waals surface area contributed by atoms with E-state index in [2.05, 4.69) is 0 Å². The molecule has 2 aromatic carbocycles. The molecule has 5 nitrogen and oxygen atoms in total. The summed E-state index contributed by atoms with van der Waals surface area (Å²) < 4.78 is 45.7. The van der Waals surface area contributed by atoms with Crippen molar-refractivity contribution in [2.75, 3.05) is 19.8 Å². The molecular weight excluding hydrogens is 382 g/mol. The summed E-state index contributed by atoms with van der Waals surface area (Å²) in [5, 5.41) is 8.62. The fourth-order valence-electron chi connectivity index (χ4n) is 2.67. The first-order chi connectivity index (χ1) is 14.0. The molecule has 158 valence electrons. The molecule has 0 aliphatic carbocycles. The van der Waals surface area contributed by atoms with Crippen LogP contribution in [0.4, 0.5) is 8.78 Å². The van der Waals surface area contributed by atoms with E-state index in [0.29, 0.717) is 35.8 Å². The molecule has 0 saturated carbocycles. The molecule has 7 heteroatoms. The highest BCUT2D eigenvalue weighted by atomic mass is 19.1. The van der Waals surface area contributed by atoms with Gasteiger partial charge in [-0.3, -0.25) is 4.79 Å².